The van der Waals surface area contributed by atoms with E-state index in [9.17, 15) is 34.8 Å². The highest BCUT2D eigenvalue weighted by Gasteiger charge is 2.63. The van der Waals surface area contributed by atoms with E-state index in [4.69, 9.17) is 0 Å². The van der Waals surface area contributed by atoms with Crippen LogP contribution >= 0.6 is 0 Å². The first-order valence-electron chi connectivity index (χ1n) is 13.3. The Bertz CT molecular complexity index is 1390. The highest BCUT2D eigenvalue weighted by atomic mass is 16.3. The molecule has 0 radical (unpaired) electrons. The third-order valence-corrected chi connectivity index (χ3v) is 9.08. The van der Waals surface area contributed by atoms with Gasteiger partial charge in [0.25, 0.3) is 0 Å². The third kappa shape index (κ3) is 3.54. The molecule has 0 aromatic heterocycles. The Morgan fingerprint density at radius 3 is 2.18 bits per heavy atom. The van der Waals surface area contributed by atoms with Crippen LogP contribution in [0.5, 0.6) is 5.75 Å². The highest BCUT2D eigenvalue weighted by Crippen LogP contribution is 2.55. The third-order valence-electron chi connectivity index (χ3n) is 9.08. The first kappa shape index (κ1) is 27.4. The van der Waals surface area contributed by atoms with Gasteiger partial charge < -0.3 is 25.3 Å². The molecule has 0 spiro atoms. The van der Waals surface area contributed by atoms with Gasteiger partial charge >= 0.3 is 0 Å². The standard InChI is InChI=1S/C29H37N3O7/c1-12(2)32-10-16-17(11-32)24(34)21-15(22(16)30(4)5)8-14-9-18-23(31(6)7)26(36)19(13(3)33)27(37)29(18,39)28(38)20(14)25(21)35/h12,14,18,23,34,36,38-39H,8-11H2,1-7H3/t14-,18-,23-,29+/m0/s1. The summed E-state index contributed by atoms with van der Waals surface area (Å²) in [6, 6.07) is -0.719. The lowest BCUT2D eigenvalue weighted by Crippen LogP contribution is -2.63. The SMILES string of the molecule is CC(=O)C1=C(O)[C@@H](N(C)C)[C@@H]2C[C@@H]3Cc4c(c(O)c5c(c4N(C)C)CN(C(C)C)C5)C(=O)C3=C(O)[C@]2(O)C1=O. The molecule has 5 rings (SSSR count). The van der Waals surface area contributed by atoms with Crippen LogP contribution < -0.4 is 4.90 Å². The second kappa shape index (κ2) is 8.90. The summed E-state index contributed by atoms with van der Waals surface area (Å²) in [6.45, 7) is 6.34. The molecule has 0 fully saturated rings. The van der Waals surface area contributed by atoms with Gasteiger partial charge in [0.05, 0.1) is 11.6 Å². The number of nitrogens with zero attached hydrogens (tertiary/aromatic N) is 3. The Labute approximate surface area is 227 Å². The smallest absolute Gasteiger partial charge is 0.209 e. The molecule has 210 valence electrons. The van der Waals surface area contributed by atoms with E-state index in [1.54, 1.807) is 19.0 Å². The molecule has 1 aromatic rings. The van der Waals surface area contributed by atoms with E-state index in [1.165, 1.54) is 0 Å². The molecule has 10 heteroatoms. The first-order chi connectivity index (χ1) is 18.1. The molecule has 0 unspecified atom stereocenters. The normalized spacial score (nSPS) is 28.6. The minimum Gasteiger partial charge on any atom is -0.510 e. The van der Waals surface area contributed by atoms with E-state index >= 15 is 0 Å². The number of aliphatic hydroxyl groups excluding tert-OH is 2. The van der Waals surface area contributed by atoms with Gasteiger partial charge in [0, 0.05) is 56.0 Å². The number of carbonyl (C=O) groups excluding carboxylic acids is 3. The van der Waals surface area contributed by atoms with E-state index in [0.29, 0.717) is 30.6 Å². The van der Waals surface area contributed by atoms with Crippen molar-refractivity contribution in [3.8, 4) is 5.75 Å². The fourth-order valence-electron chi connectivity index (χ4n) is 7.28. The average molecular weight is 540 g/mol. The number of benzene rings is 1. The molecule has 4 aliphatic rings. The molecule has 0 bridgehead atoms. The number of rotatable bonds is 4. The Hall–Kier alpha value is -3.21. The van der Waals surface area contributed by atoms with Crippen LogP contribution in [0.2, 0.25) is 0 Å². The van der Waals surface area contributed by atoms with Crippen molar-refractivity contribution < 1.29 is 34.8 Å². The van der Waals surface area contributed by atoms with Gasteiger partial charge in [-0.15, -0.1) is 0 Å². The molecule has 1 aliphatic heterocycles. The second-order valence-corrected chi connectivity index (χ2v) is 12.1. The van der Waals surface area contributed by atoms with Crippen molar-refractivity contribution >= 4 is 23.0 Å². The summed E-state index contributed by atoms with van der Waals surface area (Å²) >= 11 is 0. The second-order valence-electron chi connectivity index (χ2n) is 12.1. The number of hydrogen-bond donors (Lipinski definition) is 4. The maximum atomic E-state index is 14.1. The van der Waals surface area contributed by atoms with E-state index in [2.05, 4.69) is 18.7 Å². The van der Waals surface area contributed by atoms with E-state index in [-0.39, 0.29) is 29.3 Å². The lowest BCUT2D eigenvalue weighted by atomic mass is 9.58. The van der Waals surface area contributed by atoms with Gasteiger partial charge in [0.15, 0.2) is 17.2 Å². The van der Waals surface area contributed by atoms with Crippen molar-refractivity contribution in [3.05, 3.63) is 44.9 Å². The summed E-state index contributed by atoms with van der Waals surface area (Å²) < 4.78 is 0. The summed E-state index contributed by atoms with van der Waals surface area (Å²) in [7, 11) is 7.09. The number of carbonyl (C=O) groups is 3. The molecule has 4 atom stereocenters. The van der Waals surface area contributed by atoms with Gasteiger partial charge in [-0.2, -0.15) is 0 Å². The average Bonchev–Trinajstić information content (AvgIpc) is 3.26. The van der Waals surface area contributed by atoms with Crippen molar-refractivity contribution in [2.45, 2.75) is 64.4 Å². The minimum atomic E-state index is -2.56. The van der Waals surface area contributed by atoms with Gasteiger partial charge in [-0.05, 0) is 64.8 Å². The van der Waals surface area contributed by atoms with Crippen LogP contribution in [0.25, 0.3) is 0 Å². The molecule has 0 amide bonds. The molecule has 1 heterocycles. The maximum Gasteiger partial charge on any atom is 0.209 e. The molecular formula is C29H37N3O7. The van der Waals surface area contributed by atoms with Crippen LogP contribution in [0.15, 0.2) is 22.7 Å². The molecular weight excluding hydrogens is 502 g/mol. The number of anilines is 1. The zero-order chi connectivity index (χ0) is 28.9. The Balaban J connectivity index is 1.74. The van der Waals surface area contributed by atoms with Crippen molar-refractivity contribution in [1.82, 2.24) is 9.80 Å². The number of fused-ring (bicyclic) bond motifs is 4. The van der Waals surface area contributed by atoms with Gasteiger partial charge in [0.2, 0.25) is 5.78 Å². The number of ketones is 3. The summed E-state index contributed by atoms with van der Waals surface area (Å²) in [6.07, 6.45) is 0.398. The Kier molecular flexibility index (Phi) is 6.25. The van der Waals surface area contributed by atoms with Crippen LogP contribution in [0.4, 0.5) is 5.69 Å². The van der Waals surface area contributed by atoms with E-state index in [1.807, 2.05) is 19.0 Å². The Morgan fingerprint density at radius 2 is 1.64 bits per heavy atom. The number of aromatic hydroxyl groups is 1. The van der Waals surface area contributed by atoms with Crippen LogP contribution in [-0.2, 0) is 29.1 Å². The van der Waals surface area contributed by atoms with Gasteiger partial charge in [-0.25, -0.2) is 0 Å². The quantitative estimate of drug-likeness (QED) is 0.420. The molecule has 0 saturated carbocycles. The van der Waals surface area contributed by atoms with Crippen LogP contribution in [-0.4, -0.2) is 93.5 Å². The first-order valence-corrected chi connectivity index (χ1v) is 13.3. The van der Waals surface area contributed by atoms with Crippen molar-refractivity contribution in [2.24, 2.45) is 11.8 Å². The number of phenolic OH excluding ortho intramolecular Hbond substituents is 1. The van der Waals surface area contributed by atoms with Gasteiger partial charge in [0.1, 0.15) is 22.8 Å². The number of Topliss-reactive ketones (excluding diaryl/α,β-unsaturated/α-hetero) is 3. The van der Waals surface area contributed by atoms with Crippen molar-refractivity contribution in [3.63, 3.8) is 0 Å². The molecule has 1 aromatic carbocycles. The minimum absolute atomic E-state index is 0.0838. The van der Waals surface area contributed by atoms with Crippen molar-refractivity contribution in [1.29, 1.82) is 0 Å². The maximum absolute atomic E-state index is 14.1. The van der Waals surface area contributed by atoms with Crippen LogP contribution in [0, 0.1) is 11.8 Å². The van der Waals surface area contributed by atoms with Crippen LogP contribution in [0.1, 0.15) is 54.2 Å². The summed E-state index contributed by atoms with van der Waals surface area (Å²) in [5, 5.41) is 45.8. The topological polar surface area (TPSA) is 142 Å². The molecule has 4 N–H and O–H groups in total. The predicted molar refractivity (Wildman–Crippen MR) is 144 cm³/mol. The summed E-state index contributed by atoms with van der Waals surface area (Å²) in [4.78, 5) is 45.8. The number of hydrogen-bond acceptors (Lipinski definition) is 10. The summed E-state index contributed by atoms with van der Waals surface area (Å²) in [5.41, 5.74) is -0.00915. The Morgan fingerprint density at radius 1 is 1.03 bits per heavy atom. The number of aliphatic hydroxyl groups is 3. The van der Waals surface area contributed by atoms with Crippen LogP contribution in [0.3, 0.4) is 0 Å². The fourth-order valence-corrected chi connectivity index (χ4v) is 7.28. The largest absolute Gasteiger partial charge is 0.510 e. The number of likely N-dealkylation sites (N-methyl/N-ethyl adjacent to an activating group) is 1. The van der Waals surface area contributed by atoms with E-state index < -0.39 is 57.9 Å². The van der Waals surface area contributed by atoms with E-state index in [0.717, 1.165) is 18.2 Å². The molecule has 10 nitrogen and oxygen atoms in total. The summed E-state index contributed by atoms with van der Waals surface area (Å²) in [5.74, 6) is -5.43. The molecule has 3 aliphatic carbocycles. The zero-order valence-corrected chi connectivity index (χ0v) is 23.5. The number of allylic oxidation sites excluding steroid dienone is 1. The van der Waals surface area contributed by atoms with Gasteiger partial charge in [-0.1, -0.05) is 0 Å². The molecule has 39 heavy (non-hydrogen) atoms. The lowest BCUT2D eigenvalue weighted by molar-refractivity contribution is -0.148. The monoisotopic (exact) mass is 539 g/mol. The lowest BCUT2D eigenvalue weighted by Gasteiger charge is -2.50. The molecule has 0 saturated heterocycles. The number of phenols is 1. The van der Waals surface area contributed by atoms with Gasteiger partial charge in [-0.3, -0.25) is 24.2 Å². The fraction of sp³-hybridized carbons (Fsp3) is 0.552. The highest BCUT2D eigenvalue weighted by molar-refractivity contribution is 6.25. The predicted octanol–water partition coefficient (Wildman–Crippen LogP) is 2.01. The van der Waals surface area contributed by atoms with Crippen molar-refractivity contribution in [2.75, 3.05) is 33.1 Å². The zero-order valence-electron chi connectivity index (χ0n) is 23.5.